The summed E-state index contributed by atoms with van der Waals surface area (Å²) < 4.78 is 1.68. The van der Waals surface area contributed by atoms with E-state index in [4.69, 9.17) is 0 Å². The van der Waals surface area contributed by atoms with E-state index in [1.165, 1.54) is 5.56 Å². The second-order valence-electron chi connectivity index (χ2n) is 7.46. The lowest BCUT2D eigenvalue weighted by Gasteiger charge is -2.39. The number of hydrogen-bond donors (Lipinski definition) is 0. The number of carbonyl (C=O) groups excluding carboxylic acids is 2. The van der Waals surface area contributed by atoms with Gasteiger partial charge in [0.15, 0.2) is 5.69 Å². The van der Waals surface area contributed by atoms with Gasteiger partial charge in [-0.25, -0.2) is 0 Å². The molecule has 1 fully saturated rings. The molecule has 0 saturated carbocycles. The number of aryl methyl sites for hydroxylation is 2. The van der Waals surface area contributed by atoms with Crippen molar-refractivity contribution in [2.24, 2.45) is 5.92 Å². The third-order valence-electron chi connectivity index (χ3n) is 4.82. The average Bonchev–Trinajstić information content (AvgIpc) is 3.13. The number of aromatic nitrogens is 3. The molecule has 7 heteroatoms. The van der Waals surface area contributed by atoms with Crippen molar-refractivity contribution in [1.82, 2.24) is 24.8 Å². The van der Waals surface area contributed by atoms with E-state index in [0.717, 1.165) is 13.0 Å². The standard InChI is InChI=1S/C20H27N5O2/c1-15(2)13-23-11-12-25(16(3)19(23)26)20(27)18-14-24(22-21-18)10-9-17-7-5-4-6-8-17/h4-8,14-16H,9-13H2,1-3H3/t16-/m0/s1. The normalized spacial score (nSPS) is 17.6. The van der Waals surface area contributed by atoms with Crippen LogP contribution in [0.3, 0.4) is 0 Å². The molecule has 2 aromatic rings. The molecule has 0 N–H and O–H groups in total. The molecule has 0 bridgehead atoms. The van der Waals surface area contributed by atoms with Gasteiger partial charge in [0.05, 0.1) is 6.20 Å². The number of benzene rings is 1. The Labute approximate surface area is 160 Å². The van der Waals surface area contributed by atoms with Crippen LogP contribution in [0.25, 0.3) is 0 Å². The summed E-state index contributed by atoms with van der Waals surface area (Å²) in [4.78, 5) is 28.8. The summed E-state index contributed by atoms with van der Waals surface area (Å²) in [7, 11) is 0. The third-order valence-corrected chi connectivity index (χ3v) is 4.82. The second-order valence-corrected chi connectivity index (χ2v) is 7.46. The predicted octanol–water partition coefficient (Wildman–Crippen LogP) is 1.85. The maximum atomic E-state index is 12.8. The van der Waals surface area contributed by atoms with E-state index in [0.29, 0.717) is 31.2 Å². The lowest BCUT2D eigenvalue weighted by molar-refractivity contribution is -0.140. The van der Waals surface area contributed by atoms with E-state index in [1.54, 1.807) is 22.7 Å². The Kier molecular flexibility index (Phi) is 5.88. The Morgan fingerprint density at radius 1 is 1.22 bits per heavy atom. The van der Waals surface area contributed by atoms with E-state index < -0.39 is 6.04 Å². The maximum Gasteiger partial charge on any atom is 0.276 e. The van der Waals surface area contributed by atoms with Crippen LogP contribution in [-0.4, -0.2) is 62.3 Å². The molecule has 2 amide bonds. The number of amides is 2. The monoisotopic (exact) mass is 369 g/mol. The number of piperazine rings is 1. The van der Waals surface area contributed by atoms with Gasteiger partial charge in [-0.05, 0) is 24.8 Å². The van der Waals surface area contributed by atoms with Gasteiger partial charge in [-0.3, -0.25) is 14.3 Å². The molecule has 3 rings (SSSR count). The zero-order chi connectivity index (χ0) is 19.4. The minimum Gasteiger partial charge on any atom is -0.339 e. The molecule has 1 saturated heterocycles. The van der Waals surface area contributed by atoms with Gasteiger partial charge in [0.25, 0.3) is 5.91 Å². The van der Waals surface area contributed by atoms with Gasteiger partial charge in [-0.15, -0.1) is 5.10 Å². The fourth-order valence-electron chi connectivity index (χ4n) is 3.37. The Hall–Kier alpha value is -2.70. The summed E-state index contributed by atoms with van der Waals surface area (Å²) in [5.74, 6) is 0.179. The van der Waals surface area contributed by atoms with Crippen molar-refractivity contribution in [3.8, 4) is 0 Å². The topological polar surface area (TPSA) is 71.3 Å². The lowest BCUT2D eigenvalue weighted by Crippen LogP contribution is -2.58. The highest BCUT2D eigenvalue weighted by atomic mass is 16.2. The van der Waals surface area contributed by atoms with Crippen molar-refractivity contribution < 1.29 is 9.59 Å². The highest BCUT2D eigenvalue weighted by Crippen LogP contribution is 2.15. The average molecular weight is 369 g/mol. The highest BCUT2D eigenvalue weighted by Gasteiger charge is 2.35. The Morgan fingerprint density at radius 3 is 2.67 bits per heavy atom. The number of rotatable bonds is 6. The van der Waals surface area contributed by atoms with Gasteiger partial charge in [-0.2, -0.15) is 0 Å². The van der Waals surface area contributed by atoms with E-state index >= 15 is 0 Å². The van der Waals surface area contributed by atoms with E-state index in [9.17, 15) is 9.59 Å². The molecular weight excluding hydrogens is 342 g/mol. The number of nitrogens with zero attached hydrogens (tertiary/aromatic N) is 5. The number of carbonyl (C=O) groups is 2. The summed E-state index contributed by atoms with van der Waals surface area (Å²) in [5.41, 5.74) is 1.50. The zero-order valence-electron chi connectivity index (χ0n) is 16.2. The molecule has 1 aromatic carbocycles. The van der Waals surface area contributed by atoms with E-state index in [1.807, 2.05) is 23.1 Å². The van der Waals surface area contributed by atoms with Crippen LogP contribution in [0.2, 0.25) is 0 Å². The molecule has 144 valence electrons. The largest absolute Gasteiger partial charge is 0.339 e. The van der Waals surface area contributed by atoms with Gasteiger partial charge in [0.1, 0.15) is 6.04 Å². The molecule has 2 heterocycles. The minimum atomic E-state index is -0.473. The minimum absolute atomic E-state index is 0.000213. The van der Waals surface area contributed by atoms with Crippen molar-refractivity contribution in [1.29, 1.82) is 0 Å². The molecule has 1 aliphatic rings. The van der Waals surface area contributed by atoms with Crippen molar-refractivity contribution in [3.63, 3.8) is 0 Å². The summed E-state index contributed by atoms with van der Waals surface area (Å²) in [6.07, 6.45) is 2.49. The van der Waals surface area contributed by atoms with Crippen molar-refractivity contribution in [2.75, 3.05) is 19.6 Å². The van der Waals surface area contributed by atoms with Crippen LogP contribution in [0.5, 0.6) is 0 Å². The van der Waals surface area contributed by atoms with Crippen LogP contribution < -0.4 is 0 Å². The molecule has 1 aliphatic heterocycles. The van der Waals surface area contributed by atoms with Gasteiger partial charge < -0.3 is 9.80 Å². The van der Waals surface area contributed by atoms with Crippen molar-refractivity contribution >= 4 is 11.8 Å². The first-order valence-corrected chi connectivity index (χ1v) is 9.49. The van der Waals surface area contributed by atoms with Gasteiger partial charge in [0, 0.05) is 26.2 Å². The number of hydrogen-bond acceptors (Lipinski definition) is 4. The summed E-state index contributed by atoms with van der Waals surface area (Å²) in [6.45, 7) is 8.42. The third kappa shape index (κ3) is 4.53. The first-order valence-electron chi connectivity index (χ1n) is 9.49. The van der Waals surface area contributed by atoms with Crippen LogP contribution in [0.4, 0.5) is 0 Å². The molecule has 0 radical (unpaired) electrons. The van der Waals surface area contributed by atoms with Crippen molar-refractivity contribution in [2.45, 2.75) is 39.8 Å². The molecule has 1 atom stereocenters. The van der Waals surface area contributed by atoms with Crippen LogP contribution >= 0.6 is 0 Å². The van der Waals surface area contributed by atoms with Gasteiger partial charge in [-0.1, -0.05) is 49.4 Å². The van der Waals surface area contributed by atoms with Crippen LogP contribution in [0.15, 0.2) is 36.5 Å². The van der Waals surface area contributed by atoms with E-state index in [2.05, 4.69) is 36.3 Å². The van der Waals surface area contributed by atoms with Crippen LogP contribution in [0, 0.1) is 5.92 Å². The Balaban J connectivity index is 1.61. The summed E-state index contributed by atoms with van der Waals surface area (Å²) in [5, 5.41) is 8.10. The highest BCUT2D eigenvalue weighted by molar-refractivity contribution is 5.96. The molecular formula is C20H27N5O2. The zero-order valence-corrected chi connectivity index (χ0v) is 16.2. The quantitative estimate of drug-likeness (QED) is 0.779. The first kappa shape index (κ1) is 19.1. The van der Waals surface area contributed by atoms with Crippen LogP contribution in [-0.2, 0) is 17.8 Å². The maximum absolute atomic E-state index is 12.8. The summed E-state index contributed by atoms with van der Waals surface area (Å²) in [6, 6.07) is 9.64. The first-order chi connectivity index (χ1) is 13.0. The Morgan fingerprint density at radius 2 is 1.96 bits per heavy atom. The lowest BCUT2D eigenvalue weighted by atomic mass is 10.1. The SMILES string of the molecule is CC(C)CN1CCN(C(=O)c2cn(CCc3ccccc3)nn2)[C@@H](C)C1=O. The fourth-order valence-corrected chi connectivity index (χ4v) is 3.37. The van der Waals surface area contributed by atoms with E-state index in [-0.39, 0.29) is 11.8 Å². The Bertz CT molecular complexity index is 787. The van der Waals surface area contributed by atoms with Gasteiger partial charge >= 0.3 is 0 Å². The van der Waals surface area contributed by atoms with Crippen LogP contribution in [0.1, 0.15) is 36.8 Å². The molecule has 7 nitrogen and oxygen atoms in total. The molecule has 0 spiro atoms. The molecule has 1 aromatic heterocycles. The molecule has 0 aliphatic carbocycles. The second kappa shape index (κ2) is 8.33. The molecule has 0 unspecified atom stereocenters. The predicted molar refractivity (Wildman–Crippen MR) is 102 cm³/mol. The fraction of sp³-hybridized carbons (Fsp3) is 0.500. The van der Waals surface area contributed by atoms with Gasteiger partial charge in [0.2, 0.25) is 5.91 Å². The smallest absolute Gasteiger partial charge is 0.276 e. The molecule has 27 heavy (non-hydrogen) atoms. The van der Waals surface area contributed by atoms with Crippen molar-refractivity contribution in [3.05, 3.63) is 47.8 Å². The summed E-state index contributed by atoms with van der Waals surface area (Å²) >= 11 is 0.